The largest absolute Gasteiger partial charge is 0.479 e. The van der Waals surface area contributed by atoms with Crippen LogP contribution < -0.4 is 4.74 Å². The number of alkyl halides is 3. The molecule has 1 N–H and O–H groups in total. The summed E-state index contributed by atoms with van der Waals surface area (Å²) in [5.74, 6) is -1.05. The maximum absolute atomic E-state index is 13.5. The van der Waals surface area contributed by atoms with Crippen LogP contribution in [0, 0.1) is 0 Å². The van der Waals surface area contributed by atoms with Gasteiger partial charge >= 0.3 is 6.18 Å². The standard InChI is InChI=1S/C18H21Cl2F3N2O3/c1-3-4-5-6-13-10-17(27,18(21,22)23)25(24-13)16(26)11(2)28-15-8-7-12(19)9-14(15)20/h7-9,11,27H,3-6,10H2,1-2H3/t11-,17-/m1/s1. The van der Waals surface area contributed by atoms with Crippen molar-refractivity contribution in [3.63, 3.8) is 0 Å². The maximum atomic E-state index is 13.5. The van der Waals surface area contributed by atoms with E-state index in [1.54, 1.807) is 0 Å². The van der Waals surface area contributed by atoms with Crippen molar-refractivity contribution in [2.45, 2.75) is 64.0 Å². The zero-order valence-electron chi connectivity index (χ0n) is 15.4. The van der Waals surface area contributed by atoms with Gasteiger partial charge in [0.15, 0.2) is 6.10 Å². The minimum atomic E-state index is -5.07. The fourth-order valence-electron chi connectivity index (χ4n) is 2.77. The Bertz CT molecular complexity index is 758. The molecule has 0 saturated carbocycles. The van der Waals surface area contributed by atoms with Gasteiger partial charge in [-0.15, -0.1) is 0 Å². The van der Waals surface area contributed by atoms with Crippen molar-refractivity contribution in [3.8, 4) is 5.75 Å². The van der Waals surface area contributed by atoms with Crippen LogP contribution in [0.3, 0.4) is 0 Å². The summed E-state index contributed by atoms with van der Waals surface area (Å²) in [6.07, 6.45) is -4.63. The topological polar surface area (TPSA) is 62.1 Å². The van der Waals surface area contributed by atoms with Crippen LogP contribution in [0.5, 0.6) is 5.75 Å². The Kier molecular flexibility index (Phi) is 7.22. The minimum absolute atomic E-state index is 0.0776. The molecule has 1 heterocycles. The van der Waals surface area contributed by atoms with Gasteiger partial charge in [-0.05, 0) is 38.0 Å². The monoisotopic (exact) mass is 440 g/mol. The normalized spacial score (nSPS) is 20.9. The molecule has 10 heteroatoms. The molecule has 1 amide bonds. The first kappa shape index (κ1) is 22.8. The summed E-state index contributed by atoms with van der Waals surface area (Å²) in [7, 11) is 0. The van der Waals surface area contributed by atoms with Gasteiger partial charge in [-0.3, -0.25) is 4.79 Å². The number of ether oxygens (including phenoxy) is 1. The first-order valence-electron chi connectivity index (χ1n) is 8.81. The van der Waals surface area contributed by atoms with Crippen LogP contribution in [0.15, 0.2) is 23.3 Å². The molecule has 2 rings (SSSR count). The predicted octanol–water partition coefficient (Wildman–Crippen LogP) is 5.18. The van der Waals surface area contributed by atoms with Gasteiger partial charge in [0.1, 0.15) is 5.75 Å². The number of hydrogen-bond acceptors (Lipinski definition) is 4. The highest BCUT2D eigenvalue weighted by Crippen LogP contribution is 2.41. The van der Waals surface area contributed by atoms with Crippen LogP contribution in [0.4, 0.5) is 13.2 Å². The second-order valence-electron chi connectivity index (χ2n) is 6.60. The third-order valence-corrected chi connectivity index (χ3v) is 4.85. The number of amides is 1. The van der Waals surface area contributed by atoms with Gasteiger partial charge in [-0.2, -0.15) is 23.3 Å². The first-order chi connectivity index (χ1) is 13.0. The van der Waals surface area contributed by atoms with Crippen molar-refractivity contribution < 1.29 is 27.8 Å². The molecule has 0 aromatic heterocycles. The lowest BCUT2D eigenvalue weighted by atomic mass is 10.0. The van der Waals surface area contributed by atoms with E-state index in [2.05, 4.69) is 5.10 Å². The van der Waals surface area contributed by atoms with Gasteiger partial charge < -0.3 is 9.84 Å². The number of carbonyl (C=O) groups excluding carboxylic acids is 1. The minimum Gasteiger partial charge on any atom is -0.479 e. The molecular formula is C18H21Cl2F3N2O3. The molecule has 0 fully saturated rings. The van der Waals surface area contributed by atoms with E-state index in [9.17, 15) is 23.1 Å². The van der Waals surface area contributed by atoms with Crippen molar-refractivity contribution >= 4 is 34.8 Å². The van der Waals surface area contributed by atoms with E-state index in [4.69, 9.17) is 27.9 Å². The van der Waals surface area contributed by atoms with E-state index in [1.165, 1.54) is 25.1 Å². The number of unbranched alkanes of at least 4 members (excludes halogenated alkanes) is 2. The van der Waals surface area contributed by atoms with Crippen LogP contribution in [0.2, 0.25) is 10.0 Å². The highest BCUT2D eigenvalue weighted by atomic mass is 35.5. The summed E-state index contributed by atoms with van der Waals surface area (Å²) in [5, 5.41) is 14.6. The molecule has 0 unspecified atom stereocenters. The molecule has 0 saturated heterocycles. The Morgan fingerprint density at radius 2 is 2.07 bits per heavy atom. The first-order valence-corrected chi connectivity index (χ1v) is 9.56. The molecule has 2 atom stereocenters. The van der Waals surface area contributed by atoms with E-state index in [-0.39, 0.29) is 27.9 Å². The highest BCUT2D eigenvalue weighted by Gasteiger charge is 2.63. The zero-order chi connectivity index (χ0) is 21.1. The summed E-state index contributed by atoms with van der Waals surface area (Å²) in [4.78, 5) is 12.6. The van der Waals surface area contributed by atoms with E-state index in [0.29, 0.717) is 11.4 Å². The average Bonchev–Trinajstić information content (AvgIpc) is 2.94. The number of benzene rings is 1. The summed E-state index contributed by atoms with van der Waals surface area (Å²) >= 11 is 11.8. The quantitative estimate of drug-likeness (QED) is 0.594. The Hall–Kier alpha value is -1.51. The summed E-state index contributed by atoms with van der Waals surface area (Å²) in [6, 6.07) is 4.24. The highest BCUT2D eigenvalue weighted by molar-refractivity contribution is 6.35. The van der Waals surface area contributed by atoms with Crippen molar-refractivity contribution in [3.05, 3.63) is 28.2 Å². The Morgan fingerprint density at radius 3 is 2.64 bits per heavy atom. The molecular weight excluding hydrogens is 420 g/mol. The van der Waals surface area contributed by atoms with E-state index >= 15 is 0 Å². The molecule has 1 aliphatic heterocycles. The maximum Gasteiger partial charge on any atom is 0.438 e. The number of carbonyl (C=O) groups is 1. The number of nitrogens with zero attached hydrogens (tertiary/aromatic N) is 2. The van der Waals surface area contributed by atoms with Crippen LogP contribution in [0.1, 0.15) is 46.0 Å². The van der Waals surface area contributed by atoms with Crippen molar-refractivity contribution in [1.29, 1.82) is 0 Å². The molecule has 0 bridgehead atoms. The van der Waals surface area contributed by atoms with Crippen molar-refractivity contribution in [1.82, 2.24) is 5.01 Å². The van der Waals surface area contributed by atoms with E-state index in [1.807, 2.05) is 6.92 Å². The zero-order valence-corrected chi connectivity index (χ0v) is 16.9. The van der Waals surface area contributed by atoms with Crippen molar-refractivity contribution in [2.24, 2.45) is 5.10 Å². The van der Waals surface area contributed by atoms with Crippen LogP contribution in [-0.4, -0.2) is 39.7 Å². The second kappa shape index (κ2) is 8.88. The van der Waals surface area contributed by atoms with Gasteiger partial charge in [0.2, 0.25) is 0 Å². The molecule has 0 radical (unpaired) electrons. The van der Waals surface area contributed by atoms with Gasteiger partial charge in [0, 0.05) is 17.2 Å². The number of hydrazone groups is 1. The number of halogens is 5. The van der Waals surface area contributed by atoms with Crippen LogP contribution in [0.25, 0.3) is 0 Å². The lowest BCUT2D eigenvalue weighted by molar-refractivity contribution is -0.303. The molecule has 0 spiro atoms. The van der Waals surface area contributed by atoms with Gasteiger partial charge in [-0.1, -0.05) is 43.0 Å². The van der Waals surface area contributed by atoms with Crippen molar-refractivity contribution in [2.75, 3.05) is 0 Å². The Labute approximate surface area is 171 Å². The number of aliphatic hydroxyl groups is 1. The molecule has 28 heavy (non-hydrogen) atoms. The third-order valence-electron chi connectivity index (χ3n) is 4.32. The SMILES string of the molecule is CCCCCC1=NN(C(=O)[C@@H](C)Oc2ccc(Cl)cc2Cl)[C@](O)(C(F)(F)F)C1. The van der Waals surface area contributed by atoms with Gasteiger partial charge in [0.05, 0.1) is 5.02 Å². The molecule has 156 valence electrons. The second-order valence-corrected chi connectivity index (χ2v) is 7.44. The lowest BCUT2D eigenvalue weighted by Crippen LogP contribution is -2.58. The Morgan fingerprint density at radius 1 is 1.39 bits per heavy atom. The molecule has 1 aliphatic rings. The Balaban J connectivity index is 2.22. The summed E-state index contributed by atoms with van der Waals surface area (Å²) in [5.41, 5.74) is -3.27. The lowest BCUT2D eigenvalue weighted by Gasteiger charge is -2.33. The molecule has 5 nitrogen and oxygen atoms in total. The molecule has 1 aromatic carbocycles. The predicted molar refractivity (Wildman–Crippen MR) is 101 cm³/mol. The van der Waals surface area contributed by atoms with E-state index < -0.39 is 30.3 Å². The molecule has 0 aliphatic carbocycles. The fourth-order valence-corrected chi connectivity index (χ4v) is 3.23. The summed E-state index contributed by atoms with van der Waals surface area (Å²) in [6.45, 7) is 3.22. The van der Waals surface area contributed by atoms with Gasteiger partial charge in [0.25, 0.3) is 11.6 Å². The van der Waals surface area contributed by atoms with Gasteiger partial charge in [-0.25, -0.2) is 0 Å². The van der Waals surface area contributed by atoms with Crippen LogP contribution in [-0.2, 0) is 4.79 Å². The number of rotatable bonds is 7. The fraction of sp³-hybridized carbons (Fsp3) is 0.556. The third kappa shape index (κ3) is 4.90. The summed E-state index contributed by atoms with van der Waals surface area (Å²) < 4.78 is 46.0. The average molecular weight is 441 g/mol. The van der Waals surface area contributed by atoms with E-state index in [0.717, 1.165) is 12.8 Å². The molecule has 1 aromatic rings. The van der Waals surface area contributed by atoms with Crippen LogP contribution >= 0.6 is 23.2 Å². The smallest absolute Gasteiger partial charge is 0.438 e. The number of hydrogen-bond donors (Lipinski definition) is 1.